The van der Waals surface area contributed by atoms with E-state index < -0.39 is 0 Å². The Labute approximate surface area is 116 Å². The average molecular weight is 291 g/mol. The highest BCUT2D eigenvalue weighted by molar-refractivity contribution is 6.34. The van der Waals surface area contributed by atoms with Gasteiger partial charge in [-0.05, 0) is 24.5 Å². The monoisotopic (exact) mass is 290 g/mol. The van der Waals surface area contributed by atoms with Gasteiger partial charge in [0.15, 0.2) is 0 Å². The molecule has 0 spiro atoms. The normalized spacial score (nSPS) is 12.2. The summed E-state index contributed by atoms with van der Waals surface area (Å²) in [6.07, 6.45) is 1.55. The summed E-state index contributed by atoms with van der Waals surface area (Å²) in [5.41, 5.74) is 11.8. The fourth-order valence-corrected chi connectivity index (χ4v) is 2.18. The van der Waals surface area contributed by atoms with Crippen molar-refractivity contribution in [1.82, 2.24) is 0 Å². The molecule has 0 aliphatic heterocycles. The molecule has 0 aliphatic rings. The molecule has 0 saturated heterocycles. The van der Waals surface area contributed by atoms with Crippen LogP contribution in [0.4, 0.5) is 0 Å². The minimum Gasteiger partial charge on any atom is -0.495 e. The molecule has 4 nitrogen and oxygen atoms in total. The Morgan fingerprint density at radius 2 is 2.06 bits per heavy atom. The number of halogens is 2. The molecule has 1 aromatic rings. The first-order valence-electron chi connectivity index (χ1n) is 5.52. The Kier molecular flexibility index (Phi) is 5.72. The van der Waals surface area contributed by atoms with Gasteiger partial charge in [-0.15, -0.1) is 0 Å². The van der Waals surface area contributed by atoms with E-state index in [0.717, 1.165) is 5.56 Å². The van der Waals surface area contributed by atoms with Crippen LogP contribution in [0, 0.1) is 0 Å². The first-order valence-corrected chi connectivity index (χ1v) is 6.28. The highest BCUT2D eigenvalue weighted by Crippen LogP contribution is 2.34. The molecule has 1 rings (SSSR count). The number of methoxy groups -OCH3 is 1. The van der Waals surface area contributed by atoms with Crippen molar-refractivity contribution in [2.24, 2.45) is 11.5 Å². The van der Waals surface area contributed by atoms with Gasteiger partial charge in [-0.2, -0.15) is 0 Å². The Balaban J connectivity index is 2.76. The zero-order valence-electron chi connectivity index (χ0n) is 10.1. The van der Waals surface area contributed by atoms with Gasteiger partial charge in [0.2, 0.25) is 5.91 Å². The quantitative estimate of drug-likeness (QED) is 0.845. The highest BCUT2D eigenvalue weighted by Gasteiger charge is 2.14. The Bertz CT molecular complexity index is 438. The van der Waals surface area contributed by atoms with Crippen LogP contribution < -0.4 is 16.2 Å². The van der Waals surface area contributed by atoms with Crippen molar-refractivity contribution >= 4 is 29.1 Å². The lowest BCUT2D eigenvalue weighted by Gasteiger charge is -2.15. The Morgan fingerprint density at radius 1 is 1.39 bits per heavy atom. The number of benzene rings is 1. The van der Waals surface area contributed by atoms with Gasteiger partial charge in [0, 0.05) is 23.6 Å². The molecule has 0 heterocycles. The first-order chi connectivity index (χ1) is 8.45. The van der Waals surface area contributed by atoms with Crippen LogP contribution in [0.15, 0.2) is 12.1 Å². The number of primary amides is 1. The summed E-state index contributed by atoms with van der Waals surface area (Å²) in [5.74, 6) is 0.177. The molecule has 1 amide bonds. The molecule has 100 valence electrons. The maximum Gasteiger partial charge on any atom is 0.217 e. The van der Waals surface area contributed by atoms with Crippen molar-refractivity contribution in [2.45, 2.75) is 25.3 Å². The molecule has 0 radical (unpaired) electrons. The number of ether oxygens (including phenoxy) is 1. The molecule has 1 unspecified atom stereocenters. The molecule has 4 N–H and O–H groups in total. The van der Waals surface area contributed by atoms with Crippen LogP contribution in [-0.2, 0) is 4.79 Å². The SMILES string of the molecule is COc1cc(Cl)c(C(N)CCCC(N)=O)cc1Cl. The topological polar surface area (TPSA) is 78.3 Å². The van der Waals surface area contributed by atoms with Crippen LogP contribution in [0.25, 0.3) is 0 Å². The van der Waals surface area contributed by atoms with Gasteiger partial charge < -0.3 is 16.2 Å². The summed E-state index contributed by atoms with van der Waals surface area (Å²) >= 11 is 12.1. The summed E-state index contributed by atoms with van der Waals surface area (Å²) in [5, 5.41) is 0.963. The number of rotatable bonds is 6. The van der Waals surface area contributed by atoms with E-state index in [4.69, 9.17) is 39.4 Å². The summed E-state index contributed by atoms with van der Waals surface area (Å²) in [4.78, 5) is 10.6. The van der Waals surface area contributed by atoms with Crippen molar-refractivity contribution in [3.05, 3.63) is 27.7 Å². The number of amides is 1. The van der Waals surface area contributed by atoms with Crippen molar-refractivity contribution in [2.75, 3.05) is 7.11 Å². The molecule has 0 fully saturated rings. The summed E-state index contributed by atoms with van der Waals surface area (Å²) < 4.78 is 5.05. The molecule has 0 aliphatic carbocycles. The second kappa shape index (κ2) is 6.83. The van der Waals surface area contributed by atoms with Crippen molar-refractivity contribution < 1.29 is 9.53 Å². The van der Waals surface area contributed by atoms with Crippen LogP contribution in [0.2, 0.25) is 10.0 Å². The minimum atomic E-state index is -0.332. The lowest BCUT2D eigenvalue weighted by atomic mass is 10.0. The molecule has 6 heteroatoms. The third-order valence-electron chi connectivity index (χ3n) is 2.61. The Morgan fingerprint density at radius 3 is 2.61 bits per heavy atom. The molecular weight excluding hydrogens is 275 g/mol. The third-order valence-corrected chi connectivity index (χ3v) is 3.23. The first kappa shape index (κ1) is 15.1. The van der Waals surface area contributed by atoms with Crippen LogP contribution in [0.5, 0.6) is 5.75 Å². The largest absolute Gasteiger partial charge is 0.495 e. The van der Waals surface area contributed by atoms with E-state index in [9.17, 15) is 4.79 Å². The van der Waals surface area contributed by atoms with Gasteiger partial charge in [0.25, 0.3) is 0 Å². The summed E-state index contributed by atoms with van der Waals surface area (Å²) in [6.45, 7) is 0. The van der Waals surface area contributed by atoms with Gasteiger partial charge in [-0.25, -0.2) is 0 Å². The lowest BCUT2D eigenvalue weighted by Crippen LogP contribution is -2.14. The molecular formula is C12H16Cl2N2O2. The molecule has 0 bridgehead atoms. The number of carbonyl (C=O) groups excluding carboxylic acids is 1. The summed E-state index contributed by atoms with van der Waals surface area (Å²) in [6, 6.07) is 3.05. The molecule has 0 saturated carbocycles. The zero-order chi connectivity index (χ0) is 13.7. The maximum absolute atomic E-state index is 10.6. The second-order valence-corrected chi connectivity index (χ2v) is 4.79. The van der Waals surface area contributed by atoms with E-state index in [2.05, 4.69) is 0 Å². The summed E-state index contributed by atoms with van der Waals surface area (Å²) in [7, 11) is 1.52. The van der Waals surface area contributed by atoms with E-state index in [-0.39, 0.29) is 11.9 Å². The lowest BCUT2D eigenvalue weighted by molar-refractivity contribution is -0.118. The van der Waals surface area contributed by atoms with Crippen LogP contribution in [0.1, 0.15) is 30.9 Å². The highest BCUT2D eigenvalue weighted by atomic mass is 35.5. The predicted molar refractivity (Wildman–Crippen MR) is 73.0 cm³/mol. The fourth-order valence-electron chi connectivity index (χ4n) is 1.64. The maximum atomic E-state index is 10.6. The van der Waals surface area contributed by atoms with Crippen molar-refractivity contribution in [3.63, 3.8) is 0 Å². The molecule has 18 heavy (non-hydrogen) atoms. The van der Waals surface area contributed by atoms with Crippen molar-refractivity contribution in [3.8, 4) is 5.75 Å². The van der Waals surface area contributed by atoms with E-state index in [1.807, 2.05) is 0 Å². The molecule has 1 aromatic carbocycles. The second-order valence-electron chi connectivity index (χ2n) is 3.97. The average Bonchev–Trinajstić information content (AvgIpc) is 2.30. The van der Waals surface area contributed by atoms with E-state index in [0.29, 0.717) is 35.1 Å². The van der Waals surface area contributed by atoms with E-state index in [1.165, 1.54) is 7.11 Å². The van der Waals surface area contributed by atoms with Gasteiger partial charge in [-0.1, -0.05) is 23.2 Å². The predicted octanol–water partition coefficient (Wildman–Crippen LogP) is 2.66. The zero-order valence-corrected chi connectivity index (χ0v) is 11.6. The van der Waals surface area contributed by atoms with Gasteiger partial charge >= 0.3 is 0 Å². The fraction of sp³-hybridized carbons (Fsp3) is 0.417. The number of hydrogen-bond donors (Lipinski definition) is 2. The number of carbonyl (C=O) groups is 1. The van der Waals surface area contributed by atoms with Gasteiger partial charge in [0.1, 0.15) is 5.75 Å². The van der Waals surface area contributed by atoms with Gasteiger partial charge in [0.05, 0.1) is 12.1 Å². The molecule has 1 atom stereocenters. The number of hydrogen-bond acceptors (Lipinski definition) is 3. The van der Waals surface area contributed by atoms with Crippen LogP contribution >= 0.6 is 23.2 Å². The van der Waals surface area contributed by atoms with E-state index in [1.54, 1.807) is 12.1 Å². The van der Waals surface area contributed by atoms with Crippen molar-refractivity contribution in [1.29, 1.82) is 0 Å². The Hall–Kier alpha value is -0.970. The molecule has 0 aromatic heterocycles. The van der Waals surface area contributed by atoms with Crippen LogP contribution in [-0.4, -0.2) is 13.0 Å². The smallest absolute Gasteiger partial charge is 0.217 e. The van der Waals surface area contributed by atoms with Crippen LogP contribution in [0.3, 0.4) is 0 Å². The third kappa shape index (κ3) is 4.05. The van der Waals surface area contributed by atoms with E-state index >= 15 is 0 Å². The van der Waals surface area contributed by atoms with Gasteiger partial charge in [-0.3, -0.25) is 4.79 Å². The standard InChI is InChI=1S/C12H16Cl2N2O2/c1-18-11-6-8(13)7(5-9(11)14)10(15)3-2-4-12(16)17/h5-6,10H,2-4,15H2,1H3,(H2,16,17). The number of nitrogens with two attached hydrogens (primary N) is 2. The minimum absolute atomic E-state index is 0.278.